The molecule has 1 aliphatic heterocycles. The Kier molecular flexibility index (Phi) is 6.79. The Balaban J connectivity index is 2.13. The molecular formula is C19H31N3O6S. The van der Waals surface area contributed by atoms with E-state index in [0.717, 1.165) is 0 Å². The molecule has 0 unspecified atom stereocenters. The fraction of sp³-hybridized carbons (Fsp3) is 0.737. The topological polar surface area (TPSA) is 119 Å². The standard InChI is InChI=1S/C19H31N3O6S/c1-13(23)22(6)12-18(2,3)15-11-16(28-21-15)20-17(24)19(4,5)29(25,26)14-7-9-27-10-8-14/h11,14H,7-10,12H2,1-6H3,(H,20,24). The van der Waals surface area contributed by atoms with Crippen molar-refractivity contribution in [2.75, 3.05) is 32.1 Å². The van der Waals surface area contributed by atoms with Crippen molar-refractivity contribution in [2.45, 2.75) is 62.9 Å². The Morgan fingerprint density at radius 2 is 1.83 bits per heavy atom. The molecule has 0 radical (unpaired) electrons. The van der Waals surface area contributed by atoms with Crippen LogP contribution in [0.25, 0.3) is 0 Å². The van der Waals surface area contributed by atoms with E-state index in [1.807, 2.05) is 13.8 Å². The molecule has 2 rings (SSSR count). The van der Waals surface area contributed by atoms with Crippen molar-refractivity contribution in [3.63, 3.8) is 0 Å². The van der Waals surface area contributed by atoms with E-state index >= 15 is 0 Å². The first-order valence-electron chi connectivity index (χ1n) is 9.60. The molecule has 1 aromatic rings. The summed E-state index contributed by atoms with van der Waals surface area (Å²) in [4.78, 5) is 25.9. The molecular weight excluding hydrogens is 398 g/mol. The van der Waals surface area contributed by atoms with Gasteiger partial charge in [-0.25, -0.2) is 8.42 Å². The number of sulfone groups is 1. The number of ether oxygens (including phenoxy) is 1. The molecule has 0 aliphatic carbocycles. The molecule has 9 nitrogen and oxygen atoms in total. The van der Waals surface area contributed by atoms with Crippen LogP contribution >= 0.6 is 0 Å². The number of likely N-dealkylation sites (N-methyl/N-ethyl adjacent to an activating group) is 1. The van der Waals surface area contributed by atoms with Gasteiger partial charge in [-0.15, -0.1) is 0 Å². The predicted octanol–water partition coefficient (Wildman–Crippen LogP) is 1.74. The number of anilines is 1. The van der Waals surface area contributed by atoms with Crippen LogP contribution in [0.15, 0.2) is 10.6 Å². The first-order valence-corrected chi connectivity index (χ1v) is 11.1. The number of rotatable bonds is 7. The van der Waals surface area contributed by atoms with Gasteiger partial charge in [-0.3, -0.25) is 14.9 Å². The van der Waals surface area contributed by atoms with E-state index in [2.05, 4.69) is 10.5 Å². The largest absolute Gasteiger partial charge is 0.381 e. The molecule has 29 heavy (non-hydrogen) atoms. The summed E-state index contributed by atoms with van der Waals surface area (Å²) >= 11 is 0. The quantitative estimate of drug-likeness (QED) is 0.701. The summed E-state index contributed by atoms with van der Waals surface area (Å²) in [6.45, 7) is 9.22. The van der Waals surface area contributed by atoms with Crippen LogP contribution in [-0.4, -0.2) is 67.1 Å². The first kappa shape index (κ1) is 23.3. The Morgan fingerprint density at radius 3 is 2.38 bits per heavy atom. The Labute approximate surface area is 172 Å². The lowest BCUT2D eigenvalue weighted by Gasteiger charge is -2.30. The highest BCUT2D eigenvalue weighted by molar-refractivity contribution is 7.94. The fourth-order valence-corrected chi connectivity index (χ4v) is 5.19. The van der Waals surface area contributed by atoms with Gasteiger partial charge >= 0.3 is 0 Å². The molecule has 1 saturated heterocycles. The highest BCUT2D eigenvalue weighted by Gasteiger charge is 2.47. The van der Waals surface area contributed by atoms with Gasteiger partial charge in [-0.05, 0) is 26.7 Å². The van der Waals surface area contributed by atoms with Gasteiger partial charge in [0, 0.05) is 45.2 Å². The molecule has 0 aromatic carbocycles. The summed E-state index contributed by atoms with van der Waals surface area (Å²) in [5, 5.41) is 5.92. The molecule has 0 atom stereocenters. The summed E-state index contributed by atoms with van der Waals surface area (Å²) in [6.07, 6.45) is 0.757. The molecule has 1 fully saturated rings. The molecule has 1 N–H and O–H groups in total. The van der Waals surface area contributed by atoms with E-state index in [-0.39, 0.29) is 11.8 Å². The maximum Gasteiger partial charge on any atom is 0.247 e. The molecule has 0 spiro atoms. The van der Waals surface area contributed by atoms with Gasteiger partial charge in [-0.2, -0.15) is 0 Å². The molecule has 164 valence electrons. The Morgan fingerprint density at radius 1 is 1.24 bits per heavy atom. The summed E-state index contributed by atoms with van der Waals surface area (Å²) < 4.78 is 34.8. The van der Waals surface area contributed by atoms with Crippen molar-refractivity contribution in [3.8, 4) is 0 Å². The molecule has 0 bridgehead atoms. The average Bonchev–Trinajstić information content (AvgIpc) is 3.11. The van der Waals surface area contributed by atoms with Crippen molar-refractivity contribution < 1.29 is 27.3 Å². The van der Waals surface area contributed by atoms with Crippen LogP contribution < -0.4 is 5.32 Å². The molecule has 2 amide bonds. The number of carbonyl (C=O) groups is 2. The predicted molar refractivity (Wildman–Crippen MR) is 108 cm³/mol. The lowest BCUT2D eigenvalue weighted by molar-refractivity contribution is -0.128. The number of hydrogen-bond donors (Lipinski definition) is 1. The van der Waals surface area contributed by atoms with Crippen molar-refractivity contribution >= 4 is 27.5 Å². The summed E-state index contributed by atoms with van der Waals surface area (Å²) in [5.74, 6) is -0.681. The minimum absolute atomic E-state index is 0.0683. The fourth-order valence-electron chi connectivity index (χ4n) is 3.23. The second-order valence-electron chi connectivity index (χ2n) is 8.66. The van der Waals surface area contributed by atoms with Gasteiger partial charge in [0.25, 0.3) is 0 Å². The smallest absolute Gasteiger partial charge is 0.247 e. The van der Waals surface area contributed by atoms with Crippen LogP contribution in [0.5, 0.6) is 0 Å². The highest BCUT2D eigenvalue weighted by atomic mass is 32.2. The van der Waals surface area contributed by atoms with Crippen molar-refractivity contribution in [1.82, 2.24) is 10.1 Å². The summed E-state index contributed by atoms with van der Waals surface area (Å²) in [5.41, 5.74) is 0.0299. The van der Waals surface area contributed by atoms with Crippen molar-refractivity contribution in [1.29, 1.82) is 0 Å². The van der Waals surface area contributed by atoms with Gasteiger partial charge < -0.3 is 14.2 Å². The number of hydrogen-bond acceptors (Lipinski definition) is 7. The normalized spacial score (nSPS) is 16.5. The zero-order chi connectivity index (χ0) is 22.0. The Hall–Kier alpha value is -1.94. The number of nitrogens with zero attached hydrogens (tertiary/aromatic N) is 2. The minimum atomic E-state index is -3.73. The SMILES string of the molecule is CC(=O)N(C)CC(C)(C)c1cc(NC(=O)C(C)(C)S(=O)(=O)C2CCOCC2)on1. The summed E-state index contributed by atoms with van der Waals surface area (Å²) in [6, 6.07) is 1.56. The van der Waals surface area contributed by atoms with E-state index in [1.54, 1.807) is 18.0 Å². The molecule has 0 saturated carbocycles. The third-order valence-corrected chi connectivity index (χ3v) is 8.43. The van der Waals surface area contributed by atoms with Gasteiger partial charge in [0.1, 0.15) is 4.75 Å². The second-order valence-corrected chi connectivity index (χ2v) is 11.4. The van der Waals surface area contributed by atoms with Crippen LogP contribution in [-0.2, 0) is 29.6 Å². The van der Waals surface area contributed by atoms with Gasteiger partial charge in [0.05, 0.1) is 10.9 Å². The number of aromatic nitrogens is 1. The monoisotopic (exact) mass is 429 g/mol. The van der Waals surface area contributed by atoms with E-state index in [1.165, 1.54) is 20.8 Å². The lowest BCUT2D eigenvalue weighted by atomic mass is 9.89. The van der Waals surface area contributed by atoms with Crippen LogP contribution in [0.4, 0.5) is 5.88 Å². The lowest BCUT2D eigenvalue weighted by Crippen LogP contribution is -2.50. The summed E-state index contributed by atoms with van der Waals surface area (Å²) in [7, 11) is -2.04. The van der Waals surface area contributed by atoms with Gasteiger partial charge in [-0.1, -0.05) is 19.0 Å². The van der Waals surface area contributed by atoms with E-state index < -0.39 is 31.2 Å². The molecule has 2 heterocycles. The van der Waals surface area contributed by atoms with Gasteiger partial charge in [0.15, 0.2) is 9.84 Å². The minimum Gasteiger partial charge on any atom is -0.381 e. The van der Waals surface area contributed by atoms with Crippen LogP contribution in [0.1, 0.15) is 53.2 Å². The zero-order valence-corrected chi connectivity index (χ0v) is 18.8. The third-order valence-electron chi connectivity index (χ3n) is 5.48. The maximum atomic E-state index is 13.0. The number of carbonyl (C=O) groups excluding carboxylic acids is 2. The third kappa shape index (κ3) is 4.98. The molecule has 10 heteroatoms. The number of nitrogens with one attached hydrogen (secondary N) is 1. The van der Waals surface area contributed by atoms with Gasteiger partial charge in [0.2, 0.25) is 17.7 Å². The first-order chi connectivity index (χ1) is 13.3. The maximum absolute atomic E-state index is 13.0. The molecule has 1 aliphatic rings. The van der Waals surface area contributed by atoms with Crippen LogP contribution in [0.2, 0.25) is 0 Å². The molecule has 1 aromatic heterocycles. The highest BCUT2D eigenvalue weighted by Crippen LogP contribution is 2.30. The van der Waals surface area contributed by atoms with Crippen molar-refractivity contribution in [3.05, 3.63) is 11.8 Å². The second kappa shape index (κ2) is 8.43. The average molecular weight is 430 g/mol. The Bertz CT molecular complexity index is 853. The van der Waals surface area contributed by atoms with E-state index in [9.17, 15) is 18.0 Å². The van der Waals surface area contributed by atoms with E-state index in [0.29, 0.717) is 38.3 Å². The van der Waals surface area contributed by atoms with E-state index in [4.69, 9.17) is 9.26 Å². The van der Waals surface area contributed by atoms with Crippen molar-refractivity contribution in [2.24, 2.45) is 0 Å². The van der Waals surface area contributed by atoms with Crippen LogP contribution in [0, 0.1) is 0 Å². The van der Waals surface area contributed by atoms with Crippen LogP contribution in [0.3, 0.4) is 0 Å². The number of amides is 2. The zero-order valence-electron chi connectivity index (χ0n) is 17.9.